The second-order valence-electron chi connectivity index (χ2n) is 2.72. The lowest BCUT2D eigenvalue weighted by Crippen LogP contribution is -2.08. The molecule has 2 N–H and O–H groups in total. The predicted octanol–water partition coefficient (Wildman–Crippen LogP) is 3.51. The average molecular weight is 296 g/mol. The van der Waals surface area contributed by atoms with Crippen LogP contribution in [0.4, 0.5) is 5.69 Å². The van der Waals surface area contributed by atoms with Crippen molar-refractivity contribution in [2.75, 3.05) is 11.1 Å². The smallest absolute Gasteiger partial charge is 0.313 e. The fourth-order valence-electron chi connectivity index (χ4n) is 0.855. The highest BCUT2D eigenvalue weighted by atomic mass is 35.5. The molecule has 0 aromatic heterocycles. The van der Waals surface area contributed by atoms with Gasteiger partial charge in [0.1, 0.15) is 4.32 Å². The van der Waals surface area contributed by atoms with Gasteiger partial charge in [-0.15, -0.1) is 0 Å². The van der Waals surface area contributed by atoms with Crippen molar-refractivity contribution in [1.82, 2.24) is 0 Å². The van der Waals surface area contributed by atoms with Gasteiger partial charge in [-0.1, -0.05) is 47.2 Å². The maximum atomic E-state index is 10.3. The third kappa shape index (κ3) is 4.57. The van der Waals surface area contributed by atoms with E-state index in [1.165, 1.54) is 0 Å². The molecule has 1 aromatic carbocycles. The Morgan fingerprint density at radius 1 is 1.44 bits per heavy atom. The Kier molecular flexibility index (Phi) is 5.34. The van der Waals surface area contributed by atoms with E-state index in [1.807, 2.05) is 0 Å². The molecule has 0 saturated carbocycles. The van der Waals surface area contributed by atoms with E-state index in [9.17, 15) is 4.79 Å². The number of carboxylic acid groups (broad SMARTS) is 1. The normalized spacial score (nSPS) is 9.88. The maximum absolute atomic E-state index is 10.3. The number of benzene rings is 1. The molecule has 1 aromatic rings. The Bertz CT molecular complexity index is 426. The number of hydrogen-bond donors (Lipinski definition) is 2. The van der Waals surface area contributed by atoms with Gasteiger partial charge in [0.15, 0.2) is 0 Å². The van der Waals surface area contributed by atoms with E-state index in [4.69, 9.17) is 40.5 Å². The molecule has 3 nitrogen and oxygen atoms in total. The first-order valence-corrected chi connectivity index (χ1v) is 6.24. The molecule has 0 aliphatic rings. The summed E-state index contributed by atoms with van der Waals surface area (Å²) in [5.41, 5.74) is 0.678. The first kappa shape index (κ1) is 13.6. The van der Waals surface area contributed by atoms with E-state index in [0.29, 0.717) is 20.1 Å². The van der Waals surface area contributed by atoms with Crippen molar-refractivity contribution in [2.45, 2.75) is 0 Å². The number of nitrogens with one attached hydrogen (secondary N) is 1. The van der Waals surface area contributed by atoms with Crippen molar-refractivity contribution < 1.29 is 9.90 Å². The highest BCUT2D eigenvalue weighted by Gasteiger charge is 2.04. The van der Waals surface area contributed by atoms with Crippen LogP contribution in [0.3, 0.4) is 0 Å². The van der Waals surface area contributed by atoms with E-state index in [2.05, 4.69) is 5.32 Å². The van der Waals surface area contributed by atoms with Gasteiger partial charge in [0.05, 0.1) is 15.8 Å². The summed E-state index contributed by atoms with van der Waals surface area (Å²) in [6.45, 7) is 0. The summed E-state index contributed by atoms with van der Waals surface area (Å²) >= 11 is 17.5. The molecule has 0 radical (unpaired) electrons. The van der Waals surface area contributed by atoms with Crippen molar-refractivity contribution in [3.05, 3.63) is 28.2 Å². The van der Waals surface area contributed by atoms with E-state index < -0.39 is 5.97 Å². The van der Waals surface area contributed by atoms with Crippen molar-refractivity contribution in [3.63, 3.8) is 0 Å². The van der Waals surface area contributed by atoms with Gasteiger partial charge >= 0.3 is 5.97 Å². The molecular formula is C9H7Cl2NO2S2. The van der Waals surface area contributed by atoms with Gasteiger partial charge in [0.2, 0.25) is 0 Å². The van der Waals surface area contributed by atoms with Crippen LogP contribution in [0, 0.1) is 0 Å². The van der Waals surface area contributed by atoms with Gasteiger partial charge in [-0.05, 0) is 18.2 Å². The molecular weight excluding hydrogens is 289 g/mol. The standard InChI is InChI=1S/C9H7Cl2NO2S2/c10-6-2-1-5(3-7(6)11)12-9(15)16-4-8(13)14/h1-3H,4H2,(H,12,15)(H,13,14). The molecule has 0 unspecified atom stereocenters. The Labute approximate surface area is 112 Å². The fraction of sp³-hybridized carbons (Fsp3) is 0.111. The lowest BCUT2D eigenvalue weighted by molar-refractivity contribution is -0.133. The summed E-state index contributed by atoms with van der Waals surface area (Å²) in [4.78, 5) is 10.3. The minimum absolute atomic E-state index is 0.0762. The summed E-state index contributed by atoms with van der Waals surface area (Å²) in [6, 6.07) is 4.97. The number of hydrogen-bond acceptors (Lipinski definition) is 3. The third-order valence-corrected chi connectivity index (χ3v) is 3.44. The molecule has 0 fully saturated rings. The van der Waals surface area contributed by atoms with Crippen LogP contribution >= 0.6 is 47.2 Å². The number of anilines is 1. The SMILES string of the molecule is O=C(O)CSC(=S)Nc1ccc(Cl)c(Cl)c1. The monoisotopic (exact) mass is 295 g/mol. The van der Waals surface area contributed by atoms with Crippen molar-refractivity contribution in [2.24, 2.45) is 0 Å². The third-order valence-electron chi connectivity index (χ3n) is 1.49. The highest BCUT2D eigenvalue weighted by Crippen LogP contribution is 2.25. The van der Waals surface area contributed by atoms with Crippen molar-refractivity contribution in [3.8, 4) is 0 Å². The number of carboxylic acids is 1. The molecule has 0 amide bonds. The van der Waals surface area contributed by atoms with Gasteiger partial charge in [-0.25, -0.2) is 0 Å². The van der Waals surface area contributed by atoms with Crippen LogP contribution in [-0.4, -0.2) is 21.1 Å². The minimum Gasteiger partial charge on any atom is -0.481 e. The zero-order chi connectivity index (χ0) is 12.1. The van der Waals surface area contributed by atoms with Crippen LogP contribution in [0.15, 0.2) is 18.2 Å². The Hall–Kier alpha value is -0.490. The van der Waals surface area contributed by atoms with Gasteiger partial charge in [0, 0.05) is 5.69 Å². The van der Waals surface area contributed by atoms with Gasteiger partial charge in [0.25, 0.3) is 0 Å². The number of aliphatic carboxylic acids is 1. The van der Waals surface area contributed by atoms with Gasteiger partial charge < -0.3 is 10.4 Å². The first-order chi connectivity index (χ1) is 7.49. The summed E-state index contributed by atoms with van der Waals surface area (Å²) in [5.74, 6) is -0.990. The van der Waals surface area contributed by atoms with Crippen LogP contribution in [0.1, 0.15) is 0 Å². The summed E-state index contributed by atoms with van der Waals surface area (Å²) in [5, 5.41) is 12.2. The molecule has 0 spiro atoms. The molecule has 86 valence electrons. The number of carbonyl (C=O) groups is 1. The second kappa shape index (κ2) is 6.30. The molecule has 7 heteroatoms. The summed E-state index contributed by atoms with van der Waals surface area (Å²) in [6.07, 6.45) is 0. The minimum atomic E-state index is -0.914. The zero-order valence-corrected chi connectivity index (χ0v) is 11.0. The fourth-order valence-corrected chi connectivity index (χ4v) is 1.89. The van der Waals surface area contributed by atoms with Crippen LogP contribution in [-0.2, 0) is 4.79 Å². The number of halogens is 2. The number of thiocarbonyl (C=S) groups is 1. The average Bonchev–Trinajstić information content (AvgIpc) is 2.21. The molecule has 0 atom stereocenters. The van der Waals surface area contributed by atoms with E-state index in [0.717, 1.165) is 11.8 Å². The van der Waals surface area contributed by atoms with Crippen molar-refractivity contribution in [1.29, 1.82) is 0 Å². The van der Waals surface area contributed by atoms with E-state index in [-0.39, 0.29) is 5.75 Å². The lowest BCUT2D eigenvalue weighted by Gasteiger charge is -2.07. The number of thioether (sulfide) groups is 1. The van der Waals surface area contributed by atoms with Gasteiger partial charge in [-0.3, -0.25) is 4.79 Å². The molecule has 0 aliphatic heterocycles. The van der Waals surface area contributed by atoms with E-state index >= 15 is 0 Å². The van der Waals surface area contributed by atoms with Crippen molar-refractivity contribution >= 4 is 63.2 Å². The molecule has 0 aliphatic carbocycles. The van der Waals surface area contributed by atoms with Crippen LogP contribution in [0.2, 0.25) is 10.0 Å². The van der Waals surface area contributed by atoms with Crippen LogP contribution < -0.4 is 5.32 Å². The molecule has 0 bridgehead atoms. The first-order valence-electron chi connectivity index (χ1n) is 4.09. The largest absolute Gasteiger partial charge is 0.481 e. The highest BCUT2D eigenvalue weighted by molar-refractivity contribution is 8.23. The quantitative estimate of drug-likeness (QED) is 0.836. The molecule has 16 heavy (non-hydrogen) atoms. The Morgan fingerprint density at radius 3 is 2.69 bits per heavy atom. The molecule has 0 saturated heterocycles. The maximum Gasteiger partial charge on any atom is 0.313 e. The van der Waals surface area contributed by atoms with Gasteiger partial charge in [-0.2, -0.15) is 0 Å². The Balaban J connectivity index is 2.56. The van der Waals surface area contributed by atoms with Crippen LogP contribution in [0.5, 0.6) is 0 Å². The summed E-state index contributed by atoms with van der Waals surface area (Å²) < 4.78 is 0.376. The Morgan fingerprint density at radius 2 is 2.12 bits per heavy atom. The second-order valence-corrected chi connectivity index (χ2v) is 5.19. The van der Waals surface area contributed by atoms with E-state index in [1.54, 1.807) is 18.2 Å². The zero-order valence-electron chi connectivity index (χ0n) is 7.87. The topological polar surface area (TPSA) is 49.3 Å². The van der Waals surface area contributed by atoms with Crippen LogP contribution in [0.25, 0.3) is 0 Å². The molecule has 0 heterocycles. The lowest BCUT2D eigenvalue weighted by atomic mass is 10.3. The predicted molar refractivity (Wildman–Crippen MR) is 72.8 cm³/mol. The summed E-state index contributed by atoms with van der Waals surface area (Å²) in [7, 11) is 0. The molecule has 1 rings (SSSR count). The number of rotatable bonds is 3.